The van der Waals surface area contributed by atoms with Crippen LogP contribution in [0.2, 0.25) is 0 Å². The van der Waals surface area contributed by atoms with Crippen LogP contribution in [0.25, 0.3) is 0 Å². The molecule has 0 radical (unpaired) electrons. The fraction of sp³-hybridized carbons (Fsp3) is 0.389. The molecule has 0 bridgehead atoms. The highest BCUT2D eigenvalue weighted by molar-refractivity contribution is 7.91. The van der Waals surface area contributed by atoms with Gasteiger partial charge in [-0.05, 0) is 42.5 Å². The molecule has 0 saturated heterocycles. The largest absolute Gasteiger partial charge is 0.364 e. The summed E-state index contributed by atoms with van der Waals surface area (Å²) < 4.78 is 23.9. The molecule has 1 aromatic heterocycles. The second-order valence-electron chi connectivity index (χ2n) is 6.17. The normalized spacial score (nSPS) is 15.0. The Labute approximate surface area is 142 Å². The number of H-pyrrole nitrogens is 1. The molecule has 128 valence electrons. The van der Waals surface area contributed by atoms with Crippen molar-refractivity contribution in [2.24, 2.45) is 0 Å². The molecule has 3 rings (SSSR count). The standard InChI is InChI=1S/C18H22N2O3S/c1-2-24(22,23)15-8-3-5-13(11-15)12-20-18(21)16-9-10-19-17(16)14-6-4-7-14/h3,5,8-11,14,19H,2,4,6-7,12H2,1H3,(H,20,21). The van der Waals surface area contributed by atoms with Gasteiger partial charge in [-0.15, -0.1) is 0 Å². The first-order valence-corrected chi connectivity index (χ1v) is 9.93. The summed E-state index contributed by atoms with van der Waals surface area (Å²) in [5.74, 6) is 0.400. The zero-order valence-corrected chi connectivity index (χ0v) is 14.5. The molecule has 5 nitrogen and oxygen atoms in total. The van der Waals surface area contributed by atoms with E-state index in [2.05, 4.69) is 10.3 Å². The molecular weight excluding hydrogens is 324 g/mol. The minimum atomic E-state index is -3.23. The Hall–Kier alpha value is -2.08. The second kappa shape index (κ2) is 6.81. The van der Waals surface area contributed by atoms with Gasteiger partial charge < -0.3 is 10.3 Å². The van der Waals surface area contributed by atoms with Crippen LogP contribution in [0.3, 0.4) is 0 Å². The molecule has 1 aliphatic carbocycles. The lowest BCUT2D eigenvalue weighted by molar-refractivity contribution is 0.0949. The Bertz CT molecular complexity index is 835. The number of aromatic amines is 1. The summed E-state index contributed by atoms with van der Waals surface area (Å²) in [5, 5.41) is 2.89. The third-order valence-corrected chi connectivity index (χ3v) is 6.36. The van der Waals surface area contributed by atoms with Gasteiger partial charge in [0.05, 0.1) is 16.2 Å². The smallest absolute Gasteiger partial charge is 0.253 e. The Balaban J connectivity index is 1.69. The lowest BCUT2D eigenvalue weighted by Gasteiger charge is -2.25. The van der Waals surface area contributed by atoms with Gasteiger partial charge in [0.2, 0.25) is 0 Å². The highest BCUT2D eigenvalue weighted by Crippen LogP contribution is 2.37. The highest BCUT2D eigenvalue weighted by Gasteiger charge is 2.25. The zero-order valence-electron chi connectivity index (χ0n) is 13.7. The molecule has 0 aliphatic heterocycles. The molecule has 1 amide bonds. The molecule has 1 saturated carbocycles. The van der Waals surface area contributed by atoms with Gasteiger partial charge in [-0.2, -0.15) is 0 Å². The fourth-order valence-electron chi connectivity index (χ4n) is 2.91. The van der Waals surface area contributed by atoms with Gasteiger partial charge in [0, 0.05) is 18.4 Å². The van der Waals surface area contributed by atoms with Crippen LogP contribution < -0.4 is 5.32 Å². The Kier molecular flexibility index (Phi) is 4.76. The van der Waals surface area contributed by atoms with Crippen molar-refractivity contribution in [3.05, 3.63) is 53.3 Å². The van der Waals surface area contributed by atoms with E-state index in [1.165, 1.54) is 6.42 Å². The van der Waals surface area contributed by atoms with Crippen molar-refractivity contribution in [3.8, 4) is 0 Å². The number of sulfone groups is 1. The summed E-state index contributed by atoms with van der Waals surface area (Å²) in [5.41, 5.74) is 2.48. The maximum atomic E-state index is 12.4. The number of carbonyl (C=O) groups is 1. The number of hydrogen-bond donors (Lipinski definition) is 2. The van der Waals surface area contributed by atoms with Crippen LogP contribution in [0.5, 0.6) is 0 Å². The third kappa shape index (κ3) is 3.38. The molecule has 1 aromatic carbocycles. The van der Waals surface area contributed by atoms with Gasteiger partial charge in [-0.1, -0.05) is 25.5 Å². The lowest BCUT2D eigenvalue weighted by atomic mass is 9.81. The van der Waals surface area contributed by atoms with Gasteiger partial charge in [-0.3, -0.25) is 4.79 Å². The Morgan fingerprint density at radius 3 is 2.75 bits per heavy atom. The first-order valence-electron chi connectivity index (χ1n) is 8.28. The maximum absolute atomic E-state index is 12.4. The van der Waals surface area contributed by atoms with Crippen molar-refractivity contribution in [2.45, 2.75) is 43.5 Å². The minimum absolute atomic E-state index is 0.0664. The summed E-state index contributed by atoms with van der Waals surface area (Å²) in [7, 11) is -3.23. The molecule has 2 aromatic rings. The number of amides is 1. The van der Waals surface area contributed by atoms with Gasteiger partial charge in [0.1, 0.15) is 0 Å². The van der Waals surface area contributed by atoms with Gasteiger partial charge in [0.15, 0.2) is 9.84 Å². The topological polar surface area (TPSA) is 79.0 Å². The quantitative estimate of drug-likeness (QED) is 0.844. The van der Waals surface area contributed by atoms with Crippen LogP contribution in [0.15, 0.2) is 41.4 Å². The summed E-state index contributed by atoms with van der Waals surface area (Å²) in [4.78, 5) is 15.9. The monoisotopic (exact) mass is 346 g/mol. The number of carbonyl (C=O) groups excluding carboxylic acids is 1. The number of rotatable bonds is 6. The van der Waals surface area contributed by atoms with Crippen molar-refractivity contribution in [2.75, 3.05) is 5.75 Å². The van der Waals surface area contributed by atoms with E-state index >= 15 is 0 Å². The van der Waals surface area contributed by atoms with E-state index in [1.807, 2.05) is 6.07 Å². The van der Waals surface area contributed by atoms with E-state index in [-0.39, 0.29) is 11.7 Å². The molecular formula is C18H22N2O3S. The number of hydrogen-bond acceptors (Lipinski definition) is 3. The third-order valence-electron chi connectivity index (χ3n) is 4.63. The lowest BCUT2D eigenvalue weighted by Crippen LogP contribution is -2.25. The molecule has 1 aliphatic rings. The van der Waals surface area contributed by atoms with E-state index in [9.17, 15) is 13.2 Å². The van der Waals surface area contributed by atoms with Gasteiger partial charge in [-0.25, -0.2) is 8.42 Å². The van der Waals surface area contributed by atoms with Gasteiger partial charge >= 0.3 is 0 Å². The average molecular weight is 346 g/mol. The molecule has 2 N–H and O–H groups in total. The number of aromatic nitrogens is 1. The zero-order chi connectivity index (χ0) is 17.2. The number of nitrogens with one attached hydrogen (secondary N) is 2. The van der Waals surface area contributed by atoms with Crippen molar-refractivity contribution in [1.82, 2.24) is 10.3 Å². The molecule has 6 heteroatoms. The van der Waals surface area contributed by atoms with E-state index in [1.54, 1.807) is 37.4 Å². The molecule has 0 spiro atoms. The van der Waals surface area contributed by atoms with Crippen molar-refractivity contribution < 1.29 is 13.2 Å². The van der Waals surface area contributed by atoms with Crippen LogP contribution in [0.1, 0.15) is 53.7 Å². The van der Waals surface area contributed by atoms with Crippen LogP contribution in [-0.4, -0.2) is 25.1 Å². The summed E-state index contributed by atoms with van der Waals surface area (Å²) in [6, 6.07) is 8.55. The summed E-state index contributed by atoms with van der Waals surface area (Å²) in [6.07, 6.45) is 5.26. The molecule has 0 atom stereocenters. The van der Waals surface area contributed by atoms with Crippen LogP contribution in [-0.2, 0) is 16.4 Å². The van der Waals surface area contributed by atoms with E-state index in [0.717, 1.165) is 24.1 Å². The molecule has 1 fully saturated rings. The predicted molar refractivity (Wildman–Crippen MR) is 92.7 cm³/mol. The molecule has 0 unspecified atom stereocenters. The Morgan fingerprint density at radius 2 is 2.08 bits per heavy atom. The molecule has 24 heavy (non-hydrogen) atoms. The van der Waals surface area contributed by atoms with E-state index in [4.69, 9.17) is 0 Å². The van der Waals surface area contributed by atoms with E-state index in [0.29, 0.717) is 22.9 Å². The van der Waals surface area contributed by atoms with Crippen LogP contribution in [0, 0.1) is 0 Å². The van der Waals surface area contributed by atoms with Crippen molar-refractivity contribution in [3.63, 3.8) is 0 Å². The predicted octanol–water partition coefficient (Wildman–Crippen LogP) is 3.01. The maximum Gasteiger partial charge on any atom is 0.253 e. The highest BCUT2D eigenvalue weighted by atomic mass is 32.2. The van der Waals surface area contributed by atoms with Gasteiger partial charge in [0.25, 0.3) is 5.91 Å². The SMILES string of the molecule is CCS(=O)(=O)c1cccc(CNC(=O)c2cc[nH]c2C2CCC2)c1. The first kappa shape index (κ1) is 16.8. The van der Waals surface area contributed by atoms with E-state index < -0.39 is 9.84 Å². The fourth-order valence-corrected chi connectivity index (χ4v) is 3.86. The average Bonchev–Trinajstić information content (AvgIpc) is 3.00. The van der Waals surface area contributed by atoms with Crippen LogP contribution in [0.4, 0.5) is 0 Å². The van der Waals surface area contributed by atoms with Crippen molar-refractivity contribution in [1.29, 1.82) is 0 Å². The second-order valence-corrected chi connectivity index (χ2v) is 8.44. The first-order chi connectivity index (χ1) is 11.5. The Morgan fingerprint density at radius 1 is 1.29 bits per heavy atom. The van der Waals surface area contributed by atoms with Crippen molar-refractivity contribution >= 4 is 15.7 Å². The van der Waals surface area contributed by atoms with Crippen LogP contribution >= 0.6 is 0 Å². The summed E-state index contributed by atoms with van der Waals surface area (Å²) in [6.45, 7) is 1.93. The minimum Gasteiger partial charge on any atom is -0.364 e. The molecule has 1 heterocycles. The number of benzene rings is 1. The summed E-state index contributed by atoms with van der Waals surface area (Å²) >= 11 is 0.